The number of esters is 2. The Balaban J connectivity index is 1.29. The molecule has 3 heterocycles. The van der Waals surface area contributed by atoms with Gasteiger partial charge in [-0.05, 0) is 85.7 Å². The first-order valence-electron chi connectivity index (χ1n) is 16.1. The molecule has 0 spiro atoms. The molecule has 2 atom stereocenters. The van der Waals surface area contributed by atoms with E-state index >= 15 is 0 Å². The fourth-order valence-electron chi connectivity index (χ4n) is 6.32. The van der Waals surface area contributed by atoms with Crippen LogP contribution in [-0.2, 0) is 22.4 Å². The first-order chi connectivity index (χ1) is 22.9. The molecule has 0 bridgehead atoms. The van der Waals surface area contributed by atoms with Gasteiger partial charge in [-0.3, -0.25) is 9.48 Å². The van der Waals surface area contributed by atoms with Crippen LogP contribution in [0.5, 0.6) is 5.75 Å². The topological polar surface area (TPSA) is 134 Å². The molecule has 1 N–H and O–H groups in total. The number of aromatic amines is 1. The summed E-state index contributed by atoms with van der Waals surface area (Å²) in [7, 11) is 0. The summed E-state index contributed by atoms with van der Waals surface area (Å²) in [5, 5.41) is 14.5. The molecule has 6 rings (SSSR count). The van der Waals surface area contributed by atoms with Crippen LogP contribution in [0.1, 0.15) is 85.7 Å². The van der Waals surface area contributed by atoms with E-state index in [-0.39, 0.29) is 18.2 Å². The molecule has 1 aliphatic rings. The summed E-state index contributed by atoms with van der Waals surface area (Å²) in [4.78, 5) is 39.8. The van der Waals surface area contributed by atoms with Gasteiger partial charge >= 0.3 is 11.9 Å². The summed E-state index contributed by atoms with van der Waals surface area (Å²) in [6.45, 7) is 6.25. The van der Waals surface area contributed by atoms with Crippen molar-refractivity contribution in [2.45, 2.75) is 71.4 Å². The fourth-order valence-corrected chi connectivity index (χ4v) is 6.32. The van der Waals surface area contributed by atoms with Gasteiger partial charge in [-0.1, -0.05) is 61.9 Å². The zero-order valence-electron chi connectivity index (χ0n) is 26.8. The molecular formula is C36H38N6O5. The van der Waals surface area contributed by atoms with Gasteiger partial charge in [0, 0.05) is 29.3 Å². The highest BCUT2D eigenvalue weighted by atomic mass is 16.5. The van der Waals surface area contributed by atoms with Crippen LogP contribution < -0.4 is 10.3 Å². The van der Waals surface area contributed by atoms with Crippen LogP contribution >= 0.6 is 0 Å². The summed E-state index contributed by atoms with van der Waals surface area (Å²) in [6, 6.07) is 21.6. The van der Waals surface area contributed by atoms with Crippen molar-refractivity contribution in [3.05, 3.63) is 106 Å². The Labute approximate surface area is 272 Å². The van der Waals surface area contributed by atoms with Crippen LogP contribution in [-0.4, -0.2) is 48.5 Å². The summed E-state index contributed by atoms with van der Waals surface area (Å²) >= 11 is 0. The summed E-state index contributed by atoms with van der Waals surface area (Å²) < 4.78 is 14.5. The molecule has 0 saturated heterocycles. The Morgan fingerprint density at radius 2 is 1.68 bits per heavy atom. The number of carbonyl (C=O) groups excluding carboxylic acids is 2. The van der Waals surface area contributed by atoms with Crippen LogP contribution in [0.3, 0.4) is 0 Å². The predicted molar refractivity (Wildman–Crippen MR) is 176 cm³/mol. The molecule has 242 valence electrons. The number of nitrogens with one attached hydrogen (secondary N) is 1. The zero-order valence-corrected chi connectivity index (χ0v) is 26.8. The maximum atomic E-state index is 14.2. The molecule has 3 aromatic carbocycles. The van der Waals surface area contributed by atoms with Crippen molar-refractivity contribution in [1.29, 1.82) is 0 Å². The molecule has 11 heteroatoms. The molecule has 2 aromatic heterocycles. The minimum Gasteiger partial charge on any atom is -0.462 e. The number of ether oxygens (including phenoxy) is 2. The number of benzene rings is 3. The molecule has 1 aliphatic heterocycles. The average molecular weight is 635 g/mol. The van der Waals surface area contributed by atoms with Gasteiger partial charge in [-0.25, -0.2) is 14.3 Å². The van der Waals surface area contributed by atoms with Crippen LogP contribution in [0, 0.1) is 0 Å². The number of carbonyl (C=O) groups is 2. The SMILES string of the molecule is CCCCc1c(Cc2ccc(-c3ccccc3-c3nn[nH]n3)cc2)c(=O)n2n1C(C)CCC2C(=O)Oc1ccc(C(=O)OCC)cc1. The Kier molecular flexibility index (Phi) is 9.42. The van der Waals surface area contributed by atoms with Crippen LogP contribution in [0.25, 0.3) is 22.5 Å². The van der Waals surface area contributed by atoms with E-state index in [2.05, 4.69) is 34.5 Å². The number of rotatable bonds is 11. The van der Waals surface area contributed by atoms with Crippen molar-refractivity contribution < 1.29 is 19.1 Å². The van der Waals surface area contributed by atoms with Gasteiger partial charge < -0.3 is 9.47 Å². The molecule has 47 heavy (non-hydrogen) atoms. The third-order valence-corrected chi connectivity index (χ3v) is 8.68. The van der Waals surface area contributed by atoms with E-state index in [0.717, 1.165) is 53.6 Å². The van der Waals surface area contributed by atoms with E-state index in [1.54, 1.807) is 35.9 Å². The maximum Gasteiger partial charge on any atom is 0.338 e. The van der Waals surface area contributed by atoms with Crippen molar-refractivity contribution in [1.82, 2.24) is 30.0 Å². The molecule has 0 aliphatic carbocycles. The van der Waals surface area contributed by atoms with Gasteiger partial charge in [-0.2, -0.15) is 5.21 Å². The van der Waals surface area contributed by atoms with Crippen molar-refractivity contribution in [2.24, 2.45) is 0 Å². The van der Waals surface area contributed by atoms with Gasteiger partial charge in [0.15, 0.2) is 6.04 Å². The molecule has 0 fully saturated rings. The minimum absolute atomic E-state index is 0.0558. The third kappa shape index (κ3) is 6.51. The van der Waals surface area contributed by atoms with Crippen molar-refractivity contribution in [2.75, 3.05) is 6.61 Å². The lowest BCUT2D eigenvalue weighted by Gasteiger charge is -2.31. The van der Waals surface area contributed by atoms with Crippen molar-refractivity contribution >= 4 is 11.9 Å². The molecule has 11 nitrogen and oxygen atoms in total. The number of aromatic nitrogens is 6. The molecule has 5 aromatic rings. The number of nitrogens with zero attached hydrogens (tertiary/aromatic N) is 5. The van der Waals surface area contributed by atoms with Gasteiger partial charge in [-0.15, -0.1) is 10.2 Å². The van der Waals surface area contributed by atoms with E-state index in [1.165, 1.54) is 0 Å². The second-order valence-electron chi connectivity index (χ2n) is 11.8. The average Bonchev–Trinajstić information content (AvgIpc) is 3.72. The van der Waals surface area contributed by atoms with Crippen LogP contribution in [0.15, 0.2) is 77.6 Å². The Morgan fingerprint density at radius 1 is 0.936 bits per heavy atom. The largest absolute Gasteiger partial charge is 0.462 e. The highest BCUT2D eigenvalue weighted by Crippen LogP contribution is 2.33. The molecule has 0 radical (unpaired) electrons. The van der Waals surface area contributed by atoms with E-state index in [1.807, 2.05) is 53.2 Å². The smallest absolute Gasteiger partial charge is 0.338 e. The summed E-state index contributed by atoms with van der Waals surface area (Å²) in [6.07, 6.45) is 4.33. The Bertz CT molecular complexity index is 1910. The number of fused-ring (bicyclic) bond motifs is 1. The maximum absolute atomic E-state index is 14.2. The lowest BCUT2D eigenvalue weighted by Crippen LogP contribution is -2.39. The van der Waals surface area contributed by atoms with Gasteiger partial charge in [0.2, 0.25) is 5.82 Å². The lowest BCUT2D eigenvalue weighted by atomic mass is 9.96. The normalized spacial score (nSPS) is 15.6. The summed E-state index contributed by atoms with van der Waals surface area (Å²) in [5.74, 6) is -0.111. The molecular weight excluding hydrogens is 596 g/mol. The Morgan fingerprint density at radius 3 is 2.36 bits per heavy atom. The first-order valence-corrected chi connectivity index (χ1v) is 16.1. The standard InChI is InChI=1S/C36H38N6O5/c1-4-6-11-31-30(22-24-13-15-25(16-14-24)28-9-7-8-10-29(28)33-37-39-40-38-33)34(43)42-32(21-12-23(3)41(31)42)36(45)47-27-19-17-26(18-20-27)35(44)46-5-2/h7-10,13-20,23,32H,4-6,11-12,21-22H2,1-3H3,(H,37,38,39,40). The molecule has 0 amide bonds. The second kappa shape index (κ2) is 14.0. The molecule has 0 saturated carbocycles. The number of tetrazole rings is 1. The van der Waals surface area contributed by atoms with Crippen molar-refractivity contribution in [3.63, 3.8) is 0 Å². The highest BCUT2D eigenvalue weighted by molar-refractivity contribution is 5.89. The second-order valence-corrected chi connectivity index (χ2v) is 11.8. The van der Waals surface area contributed by atoms with Gasteiger partial charge in [0.25, 0.3) is 5.56 Å². The van der Waals surface area contributed by atoms with E-state index in [0.29, 0.717) is 35.5 Å². The number of H-pyrrole nitrogens is 1. The minimum atomic E-state index is -0.762. The zero-order chi connectivity index (χ0) is 32.9. The lowest BCUT2D eigenvalue weighted by molar-refractivity contribution is -0.140. The third-order valence-electron chi connectivity index (χ3n) is 8.68. The van der Waals surface area contributed by atoms with Crippen LogP contribution in [0.4, 0.5) is 0 Å². The monoisotopic (exact) mass is 634 g/mol. The number of hydrogen-bond acceptors (Lipinski definition) is 8. The fraction of sp³-hybridized carbons (Fsp3) is 0.333. The van der Waals surface area contributed by atoms with Gasteiger partial charge in [0.1, 0.15) is 5.75 Å². The van der Waals surface area contributed by atoms with Crippen molar-refractivity contribution in [3.8, 4) is 28.3 Å². The van der Waals surface area contributed by atoms with E-state index < -0.39 is 18.0 Å². The van der Waals surface area contributed by atoms with E-state index in [9.17, 15) is 14.4 Å². The predicted octanol–water partition coefficient (Wildman–Crippen LogP) is 6.11. The summed E-state index contributed by atoms with van der Waals surface area (Å²) in [5.41, 5.74) is 5.75. The number of unbranched alkanes of at least 4 members (excludes halogenated alkanes) is 1. The molecule has 2 unspecified atom stereocenters. The van der Waals surface area contributed by atoms with E-state index in [4.69, 9.17) is 9.47 Å². The highest BCUT2D eigenvalue weighted by Gasteiger charge is 2.36. The number of hydrogen-bond donors (Lipinski definition) is 1. The quantitative estimate of drug-likeness (QED) is 0.136. The van der Waals surface area contributed by atoms with Crippen LogP contribution in [0.2, 0.25) is 0 Å². The Hall–Kier alpha value is -5.32. The first kappa shape index (κ1) is 31.7. The van der Waals surface area contributed by atoms with Gasteiger partial charge in [0.05, 0.1) is 12.2 Å².